The summed E-state index contributed by atoms with van der Waals surface area (Å²) in [5.41, 5.74) is -0.478. The molecule has 4 nitrogen and oxygen atoms in total. The summed E-state index contributed by atoms with van der Waals surface area (Å²) in [6, 6.07) is 0.346. The van der Waals surface area contributed by atoms with Crippen LogP contribution in [0.1, 0.15) is 32.6 Å². The number of β-amino-alcohol motifs (C(OH)–C–C–N with tert-alkyl or cyclic N) is 1. The van der Waals surface area contributed by atoms with Crippen molar-refractivity contribution in [1.82, 2.24) is 10.2 Å². The SMILES string of the molecule is CC(C(=O)NC1CC1)N1CC(O)(C2CC2)C1. The standard InChI is InChI=1S/C12H20N2O2/c1-8(11(15)13-10-4-5-10)14-6-12(16,7-14)9-2-3-9/h8-10,16H,2-7H2,1H3,(H,13,15). The average molecular weight is 224 g/mol. The molecule has 3 rings (SSSR count). The summed E-state index contributed by atoms with van der Waals surface area (Å²) in [5, 5.41) is 13.2. The number of rotatable bonds is 4. The van der Waals surface area contributed by atoms with Gasteiger partial charge in [0.1, 0.15) is 0 Å². The van der Waals surface area contributed by atoms with Crippen molar-refractivity contribution >= 4 is 5.91 Å². The van der Waals surface area contributed by atoms with Gasteiger partial charge in [-0.05, 0) is 38.5 Å². The van der Waals surface area contributed by atoms with Crippen molar-refractivity contribution < 1.29 is 9.90 Å². The Morgan fingerprint density at radius 1 is 1.38 bits per heavy atom. The number of amides is 1. The van der Waals surface area contributed by atoms with Crippen LogP contribution in [-0.2, 0) is 4.79 Å². The summed E-state index contributed by atoms with van der Waals surface area (Å²) in [4.78, 5) is 13.9. The maximum atomic E-state index is 11.8. The molecule has 0 spiro atoms. The predicted molar refractivity (Wildman–Crippen MR) is 59.9 cm³/mol. The Hall–Kier alpha value is -0.610. The summed E-state index contributed by atoms with van der Waals surface area (Å²) in [6.45, 7) is 3.29. The largest absolute Gasteiger partial charge is 0.387 e. The van der Waals surface area contributed by atoms with Gasteiger partial charge in [-0.1, -0.05) is 0 Å². The van der Waals surface area contributed by atoms with Crippen LogP contribution >= 0.6 is 0 Å². The maximum Gasteiger partial charge on any atom is 0.237 e. The Morgan fingerprint density at radius 3 is 2.50 bits per heavy atom. The van der Waals surface area contributed by atoms with Gasteiger partial charge in [0.2, 0.25) is 5.91 Å². The highest BCUT2D eigenvalue weighted by atomic mass is 16.3. The molecule has 90 valence electrons. The van der Waals surface area contributed by atoms with Crippen LogP contribution in [0.25, 0.3) is 0 Å². The van der Waals surface area contributed by atoms with Crippen molar-refractivity contribution in [2.24, 2.45) is 5.92 Å². The highest BCUT2D eigenvalue weighted by Gasteiger charge is 2.53. The van der Waals surface area contributed by atoms with Crippen LogP contribution in [0.3, 0.4) is 0 Å². The Morgan fingerprint density at radius 2 is 2.00 bits per heavy atom. The first-order valence-electron chi connectivity index (χ1n) is 6.35. The number of likely N-dealkylation sites (tertiary alicyclic amines) is 1. The van der Waals surface area contributed by atoms with Crippen LogP contribution in [0, 0.1) is 5.92 Å². The molecule has 3 aliphatic rings. The summed E-state index contributed by atoms with van der Waals surface area (Å²) >= 11 is 0. The van der Waals surface area contributed by atoms with Crippen molar-refractivity contribution in [3.05, 3.63) is 0 Å². The lowest BCUT2D eigenvalue weighted by Crippen LogP contribution is -2.67. The van der Waals surface area contributed by atoms with Crippen molar-refractivity contribution in [3.8, 4) is 0 Å². The summed E-state index contributed by atoms with van der Waals surface area (Å²) in [7, 11) is 0. The molecule has 16 heavy (non-hydrogen) atoms. The number of carbonyl (C=O) groups is 1. The van der Waals surface area contributed by atoms with Gasteiger partial charge in [-0.2, -0.15) is 0 Å². The van der Waals surface area contributed by atoms with Gasteiger partial charge >= 0.3 is 0 Å². The molecule has 1 unspecified atom stereocenters. The lowest BCUT2D eigenvalue weighted by molar-refractivity contribution is -0.147. The van der Waals surface area contributed by atoms with Gasteiger partial charge in [0.25, 0.3) is 0 Å². The molecule has 0 aromatic rings. The third-order valence-electron chi connectivity index (χ3n) is 4.14. The van der Waals surface area contributed by atoms with Gasteiger partial charge in [-0.25, -0.2) is 0 Å². The second-order valence-electron chi connectivity index (χ2n) is 5.74. The Labute approximate surface area is 96.0 Å². The molecule has 0 bridgehead atoms. The third-order valence-corrected chi connectivity index (χ3v) is 4.14. The van der Waals surface area contributed by atoms with E-state index in [1.54, 1.807) is 0 Å². The molecular formula is C12H20N2O2. The predicted octanol–water partition coefficient (Wildman–Crippen LogP) is 0.110. The molecule has 0 aromatic heterocycles. The van der Waals surface area contributed by atoms with Crippen LogP contribution in [0.15, 0.2) is 0 Å². The van der Waals surface area contributed by atoms with E-state index < -0.39 is 5.60 Å². The highest BCUT2D eigenvalue weighted by molar-refractivity contribution is 5.82. The highest BCUT2D eigenvalue weighted by Crippen LogP contribution is 2.44. The van der Waals surface area contributed by atoms with Crippen molar-refractivity contribution in [1.29, 1.82) is 0 Å². The van der Waals surface area contributed by atoms with E-state index in [9.17, 15) is 9.90 Å². The second-order valence-corrected chi connectivity index (χ2v) is 5.74. The minimum absolute atomic E-state index is 0.0837. The smallest absolute Gasteiger partial charge is 0.237 e. The topological polar surface area (TPSA) is 52.6 Å². The van der Waals surface area contributed by atoms with Gasteiger partial charge < -0.3 is 10.4 Å². The fraction of sp³-hybridized carbons (Fsp3) is 0.917. The molecule has 0 radical (unpaired) electrons. The third kappa shape index (κ3) is 1.84. The van der Waals surface area contributed by atoms with E-state index in [-0.39, 0.29) is 11.9 Å². The van der Waals surface area contributed by atoms with E-state index in [1.807, 2.05) is 6.92 Å². The minimum Gasteiger partial charge on any atom is -0.387 e. The molecule has 1 amide bonds. The fourth-order valence-corrected chi connectivity index (χ4v) is 2.53. The number of carbonyl (C=O) groups excluding carboxylic acids is 1. The fourth-order valence-electron chi connectivity index (χ4n) is 2.53. The van der Waals surface area contributed by atoms with Crippen LogP contribution in [0.5, 0.6) is 0 Å². The van der Waals surface area contributed by atoms with Gasteiger partial charge in [0.05, 0.1) is 11.6 Å². The van der Waals surface area contributed by atoms with Gasteiger partial charge in [0, 0.05) is 19.1 Å². The number of nitrogens with zero attached hydrogens (tertiary/aromatic N) is 1. The van der Waals surface area contributed by atoms with Crippen LogP contribution in [0.2, 0.25) is 0 Å². The van der Waals surface area contributed by atoms with E-state index in [1.165, 1.54) is 0 Å². The number of hydrogen-bond acceptors (Lipinski definition) is 3. The number of nitrogens with one attached hydrogen (secondary N) is 1. The van der Waals surface area contributed by atoms with E-state index in [0.717, 1.165) is 25.7 Å². The maximum absolute atomic E-state index is 11.8. The van der Waals surface area contributed by atoms with E-state index in [2.05, 4.69) is 10.2 Å². The first-order chi connectivity index (χ1) is 7.58. The average Bonchev–Trinajstić information content (AvgIpc) is 3.00. The molecule has 3 fully saturated rings. The molecular weight excluding hydrogens is 204 g/mol. The van der Waals surface area contributed by atoms with E-state index in [0.29, 0.717) is 25.0 Å². The first kappa shape index (κ1) is 10.5. The molecule has 1 heterocycles. The monoisotopic (exact) mass is 224 g/mol. The van der Waals surface area contributed by atoms with E-state index in [4.69, 9.17) is 0 Å². The number of aliphatic hydroxyl groups is 1. The Kier molecular flexibility index (Phi) is 2.27. The molecule has 2 N–H and O–H groups in total. The zero-order valence-corrected chi connectivity index (χ0v) is 9.78. The molecule has 0 aromatic carbocycles. The molecule has 1 saturated heterocycles. The quantitative estimate of drug-likeness (QED) is 0.712. The summed E-state index contributed by atoms with van der Waals surface area (Å²) < 4.78 is 0. The Bertz CT molecular complexity index is 304. The lowest BCUT2D eigenvalue weighted by Gasteiger charge is -2.49. The molecule has 1 aliphatic heterocycles. The van der Waals surface area contributed by atoms with Crippen molar-refractivity contribution in [2.75, 3.05) is 13.1 Å². The summed E-state index contributed by atoms with van der Waals surface area (Å²) in [6.07, 6.45) is 4.58. The van der Waals surface area contributed by atoms with Gasteiger partial charge in [-0.3, -0.25) is 9.69 Å². The molecule has 1 atom stereocenters. The second kappa shape index (κ2) is 3.44. The van der Waals surface area contributed by atoms with Crippen LogP contribution in [0.4, 0.5) is 0 Å². The van der Waals surface area contributed by atoms with Crippen LogP contribution in [-0.4, -0.2) is 46.7 Å². The van der Waals surface area contributed by atoms with Crippen molar-refractivity contribution in [3.63, 3.8) is 0 Å². The summed E-state index contributed by atoms with van der Waals surface area (Å²) in [5.74, 6) is 0.628. The zero-order chi connectivity index (χ0) is 11.3. The molecule has 2 aliphatic carbocycles. The zero-order valence-electron chi connectivity index (χ0n) is 9.78. The van der Waals surface area contributed by atoms with E-state index >= 15 is 0 Å². The van der Waals surface area contributed by atoms with Crippen molar-refractivity contribution in [2.45, 2.75) is 50.3 Å². The Balaban J connectivity index is 1.48. The lowest BCUT2D eigenvalue weighted by atomic mass is 9.87. The molecule has 4 heteroatoms. The van der Waals surface area contributed by atoms with Gasteiger partial charge in [-0.15, -0.1) is 0 Å². The normalized spacial score (nSPS) is 30.6. The van der Waals surface area contributed by atoms with Gasteiger partial charge in [0.15, 0.2) is 0 Å². The van der Waals surface area contributed by atoms with Crippen LogP contribution < -0.4 is 5.32 Å². The first-order valence-corrected chi connectivity index (χ1v) is 6.35. The number of hydrogen-bond donors (Lipinski definition) is 2. The minimum atomic E-state index is -0.478. The molecule has 2 saturated carbocycles.